The van der Waals surface area contributed by atoms with E-state index in [1.54, 1.807) is 28.9 Å². The molecule has 32 heavy (non-hydrogen) atoms. The van der Waals surface area contributed by atoms with E-state index in [9.17, 15) is 13.2 Å². The predicted molar refractivity (Wildman–Crippen MR) is 112 cm³/mol. The fraction of sp³-hybridized carbons (Fsp3) is 0.421. The van der Waals surface area contributed by atoms with Gasteiger partial charge in [-0.15, -0.1) is 10.2 Å². The number of aromatic nitrogens is 7. The van der Waals surface area contributed by atoms with Crippen molar-refractivity contribution >= 4 is 28.4 Å². The zero-order valence-electron chi connectivity index (χ0n) is 17.2. The zero-order valence-corrected chi connectivity index (χ0v) is 17.2. The number of likely N-dealkylation sites (N-methyl/N-ethyl adjacent to an activating group) is 1. The quantitative estimate of drug-likeness (QED) is 0.461. The van der Waals surface area contributed by atoms with Crippen LogP contribution in [0.15, 0.2) is 24.4 Å². The number of nitrogens with two attached hydrogens (primary N) is 1. The van der Waals surface area contributed by atoms with Crippen molar-refractivity contribution in [1.82, 2.24) is 39.5 Å². The minimum Gasteiger partial charge on any atom is -0.382 e. The van der Waals surface area contributed by atoms with Crippen molar-refractivity contribution in [3.05, 3.63) is 24.4 Å². The highest BCUT2D eigenvalue weighted by Crippen LogP contribution is 2.29. The minimum absolute atomic E-state index is 0.185. The fourth-order valence-corrected chi connectivity index (χ4v) is 3.98. The van der Waals surface area contributed by atoms with Crippen molar-refractivity contribution in [2.24, 2.45) is 0 Å². The fourth-order valence-electron chi connectivity index (χ4n) is 3.98. The first-order valence-electron chi connectivity index (χ1n) is 10.2. The van der Waals surface area contributed by atoms with Crippen LogP contribution in [0.5, 0.6) is 0 Å². The average molecular weight is 446 g/mol. The molecule has 1 aliphatic heterocycles. The molecule has 0 spiro atoms. The van der Waals surface area contributed by atoms with Gasteiger partial charge in [0.05, 0.1) is 11.7 Å². The first kappa shape index (κ1) is 20.4. The number of nitrogens with one attached hydrogen (secondary N) is 1. The minimum atomic E-state index is -2.58. The highest BCUT2D eigenvalue weighted by atomic mass is 19.3. The van der Waals surface area contributed by atoms with Gasteiger partial charge in [-0.2, -0.15) is 4.98 Å². The van der Waals surface area contributed by atoms with E-state index in [1.165, 1.54) is 0 Å². The number of alkyl halides is 3. The summed E-state index contributed by atoms with van der Waals surface area (Å²) < 4.78 is 42.6. The maximum Gasteiger partial charge on any atom is 0.258 e. The summed E-state index contributed by atoms with van der Waals surface area (Å²) in [5.41, 5.74) is 8.50. The summed E-state index contributed by atoms with van der Waals surface area (Å²) in [6, 6.07) is 4.69. The molecule has 1 aliphatic rings. The van der Waals surface area contributed by atoms with Gasteiger partial charge in [0.1, 0.15) is 23.7 Å². The second kappa shape index (κ2) is 7.89. The van der Waals surface area contributed by atoms with Gasteiger partial charge < -0.3 is 11.1 Å². The van der Waals surface area contributed by atoms with Crippen LogP contribution in [0.3, 0.4) is 0 Å². The Bertz CT molecular complexity index is 1270. The van der Waals surface area contributed by atoms with Crippen LogP contribution in [0.4, 0.5) is 24.9 Å². The van der Waals surface area contributed by atoms with Crippen LogP contribution in [-0.4, -0.2) is 77.7 Å². The van der Waals surface area contributed by atoms with E-state index in [-0.39, 0.29) is 17.4 Å². The van der Waals surface area contributed by atoms with Gasteiger partial charge in [0.25, 0.3) is 6.43 Å². The van der Waals surface area contributed by atoms with Crippen molar-refractivity contribution in [2.75, 3.05) is 30.7 Å². The lowest BCUT2D eigenvalue weighted by Crippen LogP contribution is -2.31. The van der Waals surface area contributed by atoms with Crippen molar-refractivity contribution in [1.29, 1.82) is 0 Å². The summed E-state index contributed by atoms with van der Waals surface area (Å²) >= 11 is 0. The molecule has 0 aromatic carbocycles. The second-order valence-corrected chi connectivity index (χ2v) is 7.66. The third kappa shape index (κ3) is 3.57. The molecule has 0 unspecified atom stereocenters. The van der Waals surface area contributed by atoms with Crippen LogP contribution in [0, 0.1) is 0 Å². The van der Waals surface area contributed by atoms with Gasteiger partial charge in [-0.1, -0.05) is 12.1 Å². The molecule has 13 heteroatoms. The molecule has 10 nitrogen and oxygen atoms in total. The number of halogens is 3. The van der Waals surface area contributed by atoms with Gasteiger partial charge in [0.2, 0.25) is 5.95 Å². The number of pyridine rings is 1. The Hall–Kier alpha value is -3.48. The first-order chi connectivity index (χ1) is 15.4. The standard InChI is InChI=1S/C19H21F3N10/c1-2-30-7-11(20)14(8-30)25-19-26-17(23)16-10(5-6-31(16)28-19)12-3-4-13-18(24-12)32(29-27-13)9-15(21)22/h3-6,11,14-15H,2,7-9H2,1H3,(H3,23,25,26,28)/t11-,14+/m0/s1. The molecule has 0 radical (unpaired) electrons. The van der Waals surface area contributed by atoms with Crippen LogP contribution < -0.4 is 11.1 Å². The Balaban J connectivity index is 1.48. The lowest BCUT2D eigenvalue weighted by atomic mass is 10.2. The van der Waals surface area contributed by atoms with Crippen LogP contribution in [0.25, 0.3) is 27.9 Å². The van der Waals surface area contributed by atoms with Gasteiger partial charge in [0.15, 0.2) is 11.5 Å². The molecule has 5 heterocycles. The molecule has 1 saturated heterocycles. The van der Waals surface area contributed by atoms with E-state index in [0.29, 0.717) is 35.4 Å². The predicted octanol–water partition coefficient (Wildman–Crippen LogP) is 1.84. The zero-order chi connectivity index (χ0) is 22.4. The average Bonchev–Trinajstić information content (AvgIpc) is 3.45. The summed E-state index contributed by atoms with van der Waals surface area (Å²) in [5, 5.41) is 15.1. The molecule has 0 saturated carbocycles. The topological polar surface area (TPSA) is 115 Å². The Kier molecular flexibility index (Phi) is 5.04. The summed E-state index contributed by atoms with van der Waals surface area (Å²) in [4.78, 5) is 10.8. The van der Waals surface area contributed by atoms with Crippen LogP contribution in [-0.2, 0) is 6.54 Å². The Morgan fingerprint density at radius 2 is 2.06 bits per heavy atom. The lowest BCUT2D eigenvalue weighted by Gasteiger charge is -2.15. The summed E-state index contributed by atoms with van der Waals surface area (Å²) in [6.45, 7) is 3.07. The van der Waals surface area contributed by atoms with E-state index in [0.717, 1.165) is 11.2 Å². The van der Waals surface area contributed by atoms with Crippen LogP contribution in [0.2, 0.25) is 0 Å². The van der Waals surface area contributed by atoms with Crippen molar-refractivity contribution in [2.45, 2.75) is 32.1 Å². The number of anilines is 2. The molecule has 168 valence electrons. The molecule has 1 fully saturated rings. The highest BCUT2D eigenvalue weighted by molar-refractivity contribution is 5.88. The van der Waals surface area contributed by atoms with Crippen molar-refractivity contribution in [3.8, 4) is 11.3 Å². The molecular weight excluding hydrogens is 425 g/mol. The second-order valence-electron chi connectivity index (χ2n) is 7.66. The van der Waals surface area contributed by atoms with E-state index in [2.05, 4.69) is 30.7 Å². The molecule has 3 N–H and O–H groups in total. The van der Waals surface area contributed by atoms with Gasteiger partial charge in [-0.25, -0.2) is 27.4 Å². The molecule has 4 aromatic rings. The Labute approximate surface area is 180 Å². The molecule has 0 aliphatic carbocycles. The molecular formula is C19H21F3N10. The third-order valence-corrected chi connectivity index (χ3v) is 5.57. The van der Waals surface area contributed by atoms with Gasteiger partial charge in [0, 0.05) is 24.8 Å². The molecule has 0 bridgehead atoms. The molecule has 5 rings (SSSR count). The number of likely N-dealkylation sites (tertiary alicyclic amines) is 1. The van der Waals surface area contributed by atoms with E-state index < -0.39 is 25.2 Å². The van der Waals surface area contributed by atoms with E-state index in [4.69, 9.17) is 5.73 Å². The Morgan fingerprint density at radius 3 is 2.81 bits per heavy atom. The maximum atomic E-state index is 14.3. The highest BCUT2D eigenvalue weighted by Gasteiger charge is 2.32. The first-order valence-corrected chi connectivity index (χ1v) is 10.2. The molecule has 0 amide bonds. The maximum absolute atomic E-state index is 14.3. The van der Waals surface area contributed by atoms with Gasteiger partial charge >= 0.3 is 0 Å². The summed E-state index contributed by atoms with van der Waals surface area (Å²) in [7, 11) is 0. The number of fused-ring (bicyclic) bond motifs is 2. The van der Waals surface area contributed by atoms with Crippen LogP contribution in [0.1, 0.15) is 6.92 Å². The SMILES string of the molecule is CCN1C[C@H](F)[C@H](Nc2nc(N)c3c(-c4ccc5nnn(CC(F)F)c5n4)ccn3n2)C1. The largest absolute Gasteiger partial charge is 0.382 e. The smallest absolute Gasteiger partial charge is 0.258 e. The normalized spacial score (nSPS) is 19.5. The van der Waals surface area contributed by atoms with Crippen molar-refractivity contribution < 1.29 is 13.2 Å². The van der Waals surface area contributed by atoms with Crippen molar-refractivity contribution in [3.63, 3.8) is 0 Å². The van der Waals surface area contributed by atoms with Crippen LogP contribution >= 0.6 is 0 Å². The Morgan fingerprint density at radius 1 is 1.22 bits per heavy atom. The lowest BCUT2D eigenvalue weighted by molar-refractivity contribution is 0.122. The van der Waals surface area contributed by atoms with E-state index >= 15 is 0 Å². The molecule has 2 atom stereocenters. The van der Waals surface area contributed by atoms with Gasteiger partial charge in [-0.05, 0) is 24.7 Å². The summed E-state index contributed by atoms with van der Waals surface area (Å²) in [5.74, 6) is 0.412. The number of rotatable bonds is 6. The summed E-state index contributed by atoms with van der Waals surface area (Å²) in [6.07, 6.45) is -1.92. The van der Waals surface area contributed by atoms with E-state index in [1.807, 2.05) is 11.8 Å². The number of hydrogen-bond donors (Lipinski definition) is 2. The number of nitrogens with zero attached hydrogens (tertiary/aromatic N) is 8. The number of hydrogen-bond acceptors (Lipinski definition) is 8. The monoisotopic (exact) mass is 446 g/mol. The number of nitrogen functional groups attached to an aromatic ring is 1. The van der Waals surface area contributed by atoms with Gasteiger partial charge in [-0.3, -0.25) is 4.90 Å². The molecule has 4 aromatic heterocycles. The third-order valence-electron chi connectivity index (χ3n) is 5.57.